The molecule has 0 saturated heterocycles. The summed E-state index contributed by atoms with van der Waals surface area (Å²) in [6.45, 7) is 0.169. The molecule has 0 atom stereocenters. The Morgan fingerprint density at radius 2 is 2.10 bits per heavy atom. The Hall–Kier alpha value is -0.890. The van der Waals surface area contributed by atoms with Crippen molar-refractivity contribution in [2.24, 2.45) is 5.41 Å². The van der Waals surface area contributed by atoms with Crippen LogP contribution in [0.4, 0.5) is 10.1 Å². The fourth-order valence-corrected chi connectivity index (χ4v) is 3.61. The third kappa shape index (κ3) is 3.22. The number of nitrogens with one attached hydrogen (secondary N) is 1. The molecule has 0 unspecified atom stereocenters. The zero-order chi connectivity index (χ0) is 15.0. The molecule has 20 heavy (non-hydrogen) atoms. The van der Waals surface area contributed by atoms with Crippen LogP contribution in [0, 0.1) is 11.2 Å². The van der Waals surface area contributed by atoms with Gasteiger partial charge in [0, 0.05) is 18.8 Å². The van der Waals surface area contributed by atoms with E-state index in [1.165, 1.54) is 0 Å². The van der Waals surface area contributed by atoms with E-state index in [0.29, 0.717) is 6.42 Å². The zero-order valence-corrected chi connectivity index (χ0v) is 12.3. The van der Waals surface area contributed by atoms with E-state index in [1.54, 1.807) is 0 Å². The van der Waals surface area contributed by atoms with Crippen LogP contribution >= 0.6 is 11.6 Å². The zero-order valence-electron chi connectivity index (χ0n) is 10.7. The first-order valence-electron chi connectivity index (χ1n) is 6.15. The minimum absolute atomic E-state index is 0.000200. The number of hydrogen-bond acceptors (Lipinski definition) is 4. The number of rotatable bonds is 6. The van der Waals surface area contributed by atoms with Gasteiger partial charge in [-0.25, -0.2) is 17.5 Å². The molecule has 0 radical (unpaired) electrons. The molecule has 112 valence electrons. The quantitative estimate of drug-likeness (QED) is 0.692. The lowest BCUT2D eigenvalue weighted by atomic mass is 10.0. The smallest absolute Gasteiger partial charge is 0.243 e. The maximum atomic E-state index is 13.8. The van der Waals surface area contributed by atoms with Crippen molar-refractivity contribution in [3.63, 3.8) is 0 Å². The van der Waals surface area contributed by atoms with Gasteiger partial charge < -0.3 is 10.8 Å². The normalized spacial score (nSPS) is 17.1. The van der Waals surface area contributed by atoms with Gasteiger partial charge in [0.05, 0.1) is 5.02 Å². The van der Waals surface area contributed by atoms with Gasteiger partial charge in [0.2, 0.25) is 10.0 Å². The van der Waals surface area contributed by atoms with E-state index in [0.717, 1.165) is 25.0 Å². The first-order chi connectivity index (χ1) is 9.30. The third-order valence-corrected chi connectivity index (χ3v) is 5.22. The lowest BCUT2D eigenvalue weighted by Crippen LogP contribution is -2.31. The molecule has 1 aliphatic rings. The molecule has 1 aromatic carbocycles. The van der Waals surface area contributed by atoms with E-state index >= 15 is 0 Å². The third-order valence-electron chi connectivity index (χ3n) is 3.54. The summed E-state index contributed by atoms with van der Waals surface area (Å²) >= 11 is 5.60. The van der Waals surface area contributed by atoms with Crippen molar-refractivity contribution in [2.45, 2.75) is 24.2 Å². The standard InChI is InChI=1S/C12H16ClFN2O3S/c13-9-5-8(15)6-10(11(9)14)20(18,19)16-7-12(1-2-12)3-4-17/h5-6,16-17H,1-4,7,15H2. The van der Waals surface area contributed by atoms with E-state index in [9.17, 15) is 12.8 Å². The first kappa shape index (κ1) is 15.5. The Kier molecular flexibility index (Phi) is 4.24. The average molecular weight is 323 g/mol. The Labute approximate surface area is 122 Å². The van der Waals surface area contributed by atoms with E-state index in [-0.39, 0.29) is 29.3 Å². The van der Waals surface area contributed by atoms with Crippen molar-refractivity contribution >= 4 is 27.3 Å². The molecule has 0 aromatic heterocycles. The molecule has 4 N–H and O–H groups in total. The summed E-state index contributed by atoms with van der Waals surface area (Å²) in [5.41, 5.74) is 5.36. The van der Waals surface area contributed by atoms with Gasteiger partial charge >= 0.3 is 0 Å². The van der Waals surface area contributed by atoms with Gasteiger partial charge in [0.15, 0.2) is 5.82 Å². The van der Waals surface area contributed by atoms with Crippen molar-refractivity contribution in [1.29, 1.82) is 0 Å². The number of anilines is 1. The van der Waals surface area contributed by atoms with Gasteiger partial charge in [-0.05, 0) is 36.8 Å². The second kappa shape index (κ2) is 5.48. The highest BCUT2D eigenvalue weighted by Gasteiger charge is 2.42. The van der Waals surface area contributed by atoms with Gasteiger partial charge in [-0.2, -0.15) is 0 Å². The molecule has 1 fully saturated rings. The van der Waals surface area contributed by atoms with Crippen LogP contribution in [-0.2, 0) is 10.0 Å². The highest BCUT2D eigenvalue weighted by molar-refractivity contribution is 7.89. The van der Waals surface area contributed by atoms with Crippen LogP contribution in [0.1, 0.15) is 19.3 Å². The number of nitrogen functional groups attached to an aromatic ring is 1. The maximum Gasteiger partial charge on any atom is 0.243 e. The molecular formula is C12H16ClFN2O3S. The molecule has 0 aliphatic heterocycles. The first-order valence-corrected chi connectivity index (χ1v) is 8.01. The predicted octanol–water partition coefficient (Wildman–Crippen LogP) is 1.50. The number of aliphatic hydroxyl groups is 1. The molecule has 1 saturated carbocycles. The monoisotopic (exact) mass is 322 g/mol. The number of sulfonamides is 1. The van der Waals surface area contributed by atoms with Crippen LogP contribution in [0.5, 0.6) is 0 Å². The number of benzene rings is 1. The summed E-state index contributed by atoms with van der Waals surface area (Å²) in [6, 6.07) is 2.19. The van der Waals surface area contributed by atoms with Crippen LogP contribution in [0.3, 0.4) is 0 Å². The fraction of sp³-hybridized carbons (Fsp3) is 0.500. The number of aliphatic hydroxyl groups excluding tert-OH is 1. The van der Waals surface area contributed by atoms with E-state index in [2.05, 4.69) is 4.72 Å². The second-order valence-electron chi connectivity index (χ2n) is 5.11. The van der Waals surface area contributed by atoms with Crippen molar-refractivity contribution in [1.82, 2.24) is 4.72 Å². The molecule has 5 nitrogen and oxygen atoms in total. The van der Waals surface area contributed by atoms with Crippen LogP contribution in [-0.4, -0.2) is 26.7 Å². The van der Waals surface area contributed by atoms with Crippen molar-refractivity contribution in [3.05, 3.63) is 23.0 Å². The van der Waals surface area contributed by atoms with Gasteiger partial charge in [0.25, 0.3) is 0 Å². The SMILES string of the molecule is Nc1cc(Cl)c(F)c(S(=O)(=O)NCC2(CCO)CC2)c1. The van der Waals surface area contributed by atoms with Crippen molar-refractivity contribution in [2.75, 3.05) is 18.9 Å². The van der Waals surface area contributed by atoms with Gasteiger partial charge in [0.1, 0.15) is 4.90 Å². The summed E-state index contributed by atoms with van der Waals surface area (Å²) in [4.78, 5) is -0.553. The molecule has 0 spiro atoms. The van der Waals surface area contributed by atoms with Crippen molar-refractivity contribution < 1.29 is 17.9 Å². The van der Waals surface area contributed by atoms with Gasteiger partial charge in [-0.3, -0.25) is 0 Å². The Bertz CT molecular complexity index is 617. The van der Waals surface area contributed by atoms with Gasteiger partial charge in [-0.15, -0.1) is 0 Å². The molecule has 0 amide bonds. The Morgan fingerprint density at radius 3 is 2.65 bits per heavy atom. The summed E-state index contributed by atoms with van der Waals surface area (Å²) < 4.78 is 40.4. The maximum absolute atomic E-state index is 13.8. The molecule has 0 heterocycles. The lowest BCUT2D eigenvalue weighted by Gasteiger charge is -2.15. The molecule has 8 heteroatoms. The van der Waals surface area contributed by atoms with Crippen LogP contribution in [0.2, 0.25) is 5.02 Å². The fourth-order valence-electron chi connectivity index (χ4n) is 2.03. The van der Waals surface area contributed by atoms with E-state index in [4.69, 9.17) is 22.4 Å². The Morgan fingerprint density at radius 1 is 1.45 bits per heavy atom. The average Bonchev–Trinajstić information content (AvgIpc) is 3.12. The number of halogens is 2. The second-order valence-corrected chi connectivity index (χ2v) is 7.26. The molecule has 0 bridgehead atoms. The number of nitrogens with two attached hydrogens (primary N) is 1. The minimum atomic E-state index is -4.02. The molecule has 2 rings (SSSR count). The van der Waals surface area contributed by atoms with Gasteiger partial charge in [-0.1, -0.05) is 11.6 Å². The van der Waals surface area contributed by atoms with E-state index < -0.39 is 20.7 Å². The minimum Gasteiger partial charge on any atom is -0.399 e. The van der Waals surface area contributed by atoms with Crippen LogP contribution in [0.15, 0.2) is 17.0 Å². The van der Waals surface area contributed by atoms with E-state index in [1.807, 2.05) is 0 Å². The van der Waals surface area contributed by atoms with Crippen LogP contribution in [0.25, 0.3) is 0 Å². The molecular weight excluding hydrogens is 307 g/mol. The highest BCUT2D eigenvalue weighted by atomic mass is 35.5. The van der Waals surface area contributed by atoms with Crippen molar-refractivity contribution in [3.8, 4) is 0 Å². The van der Waals surface area contributed by atoms with Crippen LogP contribution < -0.4 is 10.5 Å². The highest BCUT2D eigenvalue weighted by Crippen LogP contribution is 2.48. The summed E-state index contributed by atoms with van der Waals surface area (Å²) in [7, 11) is -4.02. The summed E-state index contributed by atoms with van der Waals surface area (Å²) in [6.07, 6.45) is 2.21. The predicted molar refractivity (Wildman–Crippen MR) is 74.4 cm³/mol. The number of hydrogen-bond donors (Lipinski definition) is 3. The molecule has 1 aromatic rings. The largest absolute Gasteiger partial charge is 0.399 e. The summed E-state index contributed by atoms with van der Waals surface area (Å²) in [5, 5.41) is 8.60. The lowest BCUT2D eigenvalue weighted by molar-refractivity contribution is 0.249. The summed E-state index contributed by atoms with van der Waals surface area (Å²) in [5.74, 6) is -1.01. The molecule has 1 aliphatic carbocycles. The Balaban J connectivity index is 2.19. The topological polar surface area (TPSA) is 92.4 Å².